The van der Waals surface area contributed by atoms with Gasteiger partial charge in [0.25, 0.3) is 0 Å². The lowest BCUT2D eigenvalue weighted by Crippen LogP contribution is -2.30. The van der Waals surface area contributed by atoms with Crippen LogP contribution in [0.15, 0.2) is 42.8 Å². The molecule has 2 N–H and O–H groups in total. The van der Waals surface area contributed by atoms with Gasteiger partial charge in [-0.05, 0) is 37.3 Å². The summed E-state index contributed by atoms with van der Waals surface area (Å²) in [7, 11) is 3.81. The Bertz CT molecular complexity index is 501. The Kier molecular flexibility index (Phi) is 8.22. The number of hydrazine groups is 1. The van der Waals surface area contributed by atoms with Crippen LogP contribution < -0.4 is 10.7 Å². The van der Waals surface area contributed by atoms with Gasteiger partial charge in [-0.15, -0.1) is 0 Å². The summed E-state index contributed by atoms with van der Waals surface area (Å²) < 4.78 is 26.7. The SMILES string of the molecule is C=CNN(C)CCCC/C(=C\Cc1cccc(F)c1F)NC. The Labute approximate surface area is 131 Å². The highest BCUT2D eigenvalue weighted by Crippen LogP contribution is 2.14. The number of rotatable bonds is 10. The molecular formula is C17H25F2N3. The molecular weight excluding hydrogens is 284 g/mol. The Morgan fingerprint density at radius 2 is 2.09 bits per heavy atom. The van der Waals surface area contributed by atoms with E-state index < -0.39 is 11.6 Å². The Morgan fingerprint density at radius 1 is 1.32 bits per heavy atom. The van der Waals surface area contributed by atoms with Crippen LogP contribution in [0.3, 0.4) is 0 Å². The summed E-state index contributed by atoms with van der Waals surface area (Å²) in [6.45, 7) is 4.53. The predicted octanol–water partition coefficient (Wildman–Crippen LogP) is 3.36. The molecule has 0 atom stereocenters. The van der Waals surface area contributed by atoms with Gasteiger partial charge in [-0.25, -0.2) is 13.8 Å². The molecule has 0 unspecified atom stereocenters. The molecule has 0 saturated heterocycles. The molecule has 122 valence electrons. The van der Waals surface area contributed by atoms with Crippen LogP contribution in [-0.2, 0) is 6.42 Å². The number of nitrogens with one attached hydrogen (secondary N) is 2. The van der Waals surface area contributed by atoms with Crippen molar-refractivity contribution in [1.29, 1.82) is 0 Å². The molecule has 0 amide bonds. The van der Waals surface area contributed by atoms with E-state index in [0.717, 1.165) is 37.6 Å². The second kappa shape index (κ2) is 9.95. The maximum atomic E-state index is 13.6. The highest BCUT2D eigenvalue weighted by molar-refractivity contribution is 5.22. The summed E-state index contributed by atoms with van der Waals surface area (Å²) in [4.78, 5) is 0. The molecule has 0 heterocycles. The highest BCUT2D eigenvalue weighted by Gasteiger charge is 2.06. The van der Waals surface area contributed by atoms with Crippen molar-refractivity contribution in [3.63, 3.8) is 0 Å². The predicted molar refractivity (Wildman–Crippen MR) is 87.0 cm³/mol. The standard InChI is InChI=1S/C17H25F2N3/c1-4-21-22(3)13-6-5-9-15(20-2)12-11-14-8-7-10-16(18)17(14)19/h4,7-8,10,12,20-21H,1,5-6,9,11,13H2,2-3H3/b15-12+. The minimum atomic E-state index is -0.797. The van der Waals surface area contributed by atoms with Crippen molar-refractivity contribution < 1.29 is 8.78 Å². The van der Waals surface area contributed by atoms with Crippen molar-refractivity contribution in [1.82, 2.24) is 15.8 Å². The van der Waals surface area contributed by atoms with Crippen LogP contribution in [0, 0.1) is 11.6 Å². The van der Waals surface area contributed by atoms with E-state index in [-0.39, 0.29) is 0 Å². The number of hydrogen-bond donors (Lipinski definition) is 2. The molecule has 0 bridgehead atoms. The monoisotopic (exact) mass is 309 g/mol. The molecule has 0 saturated carbocycles. The molecule has 3 nitrogen and oxygen atoms in total. The quantitative estimate of drug-likeness (QED) is 0.512. The molecule has 0 aliphatic carbocycles. The summed E-state index contributed by atoms with van der Waals surface area (Å²) in [6.07, 6.45) is 6.88. The number of benzene rings is 1. The van der Waals surface area contributed by atoms with E-state index in [1.165, 1.54) is 6.07 Å². The zero-order valence-corrected chi connectivity index (χ0v) is 13.3. The van der Waals surface area contributed by atoms with E-state index in [1.807, 2.05) is 25.2 Å². The van der Waals surface area contributed by atoms with Crippen LogP contribution in [0.2, 0.25) is 0 Å². The molecule has 1 rings (SSSR count). The van der Waals surface area contributed by atoms with Crippen molar-refractivity contribution >= 4 is 0 Å². The van der Waals surface area contributed by atoms with Crippen LogP contribution in [0.25, 0.3) is 0 Å². The van der Waals surface area contributed by atoms with Crippen molar-refractivity contribution in [2.75, 3.05) is 20.6 Å². The Hall–Kier alpha value is -1.88. The third kappa shape index (κ3) is 6.26. The zero-order chi connectivity index (χ0) is 16.4. The third-order valence-corrected chi connectivity index (χ3v) is 3.42. The van der Waals surface area contributed by atoms with Crippen molar-refractivity contribution in [3.05, 3.63) is 59.9 Å². The first-order valence-electron chi connectivity index (χ1n) is 7.46. The van der Waals surface area contributed by atoms with Gasteiger partial charge in [0.2, 0.25) is 0 Å². The molecule has 22 heavy (non-hydrogen) atoms. The second-order valence-corrected chi connectivity index (χ2v) is 5.11. The molecule has 0 aromatic heterocycles. The van der Waals surface area contributed by atoms with E-state index in [0.29, 0.717) is 12.0 Å². The summed E-state index contributed by atoms with van der Waals surface area (Å²) in [5, 5.41) is 5.09. The first-order chi connectivity index (χ1) is 10.6. The van der Waals surface area contributed by atoms with E-state index >= 15 is 0 Å². The van der Waals surface area contributed by atoms with Crippen LogP contribution in [0.1, 0.15) is 24.8 Å². The Balaban J connectivity index is 2.43. The number of hydrogen-bond acceptors (Lipinski definition) is 3. The van der Waals surface area contributed by atoms with Gasteiger partial charge in [-0.1, -0.05) is 24.8 Å². The fourth-order valence-electron chi connectivity index (χ4n) is 2.15. The molecule has 0 aliphatic rings. The highest BCUT2D eigenvalue weighted by atomic mass is 19.2. The Morgan fingerprint density at radius 3 is 2.77 bits per heavy atom. The van der Waals surface area contributed by atoms with E-state index in [1.54, 1.807) is 12.3 Å². The van der Waals surface area contributed by atoms with Gasteiger partial charge >= 0.3 is 0 Å². The number of halogens is 2. The molecule has 0 spiro atoms. The number of nitrogens with zero attached hydrogens (tertiary/aromatic N) is 1. The maximum absolute atomic E-state index is 13.6. The average molecular weight is 309 g/mol. The lowest BCUT2D eigenvalue weighted by Gasteiger charge is -2.16. The number of unbranched alkanes of at least 4 members (excludes halogenated alkanes) is 1. The van der Waals surface area contributed by atoms with Gasteiger partial charge in [0.05, 0.1) is 0 Å². The van der Waals surface area contributed by atoms with E-state index in [9.17, 15) is 8.78 Å². The van der Waals surface area contributed by atoms with Gasteiger partial charge in [0.15, 0.2) is 11.6 Å². The normalized spacial score (nSPS) is 11.6. The average Bonchev–Trinajstić information content (AvgIpc) is 2.50. The van der Waals surface area contributed by atoms with Crippen LogP contribution in [-0.4, -0.2) is 25.6 Å². The molecule has 1 aromatic rings. The molecule has 0 aliphatic heterocycles. The maximum Gasteiger partial charge on any atom is 0.162 e. The van der Waals surface area contributed by atoms with Gasteiger partial charge < -0.3 is 10.7 Å². The fourth-order valence-corrected chi connectivity index (χ4v) is 2.15. The summed E-state index contributed by atoms with van der Waals surface area (Å²) >= 11 is 0. The summed E-state index contributed by atoms with van der Waals surface area (Å²) in [6, 6.07) is 4.27. The van der Waals surface area contributed by atoms with Crippen molar-refractivity contribution in [3.8, 4) is 0 Å². The molecule has 0 radical (unpaired) electrons. The largest absolute Gasteiger partial charge is 0.392 e. The summed E-state index contributed by atoms with van der Waals surface area (Å²) in [5.74, 6) is -1.55. The molecule has 0 fully saturated rings. The van der Waals surface area contributed by atoms with Crippen LogP contribution >= 0.6 is 0 Å². The molecule has 1 aromatic carbocycles. The lowest BCUT2D eigenvalue weighted by atomic mass is 10.1. The first-order valence-corrected chi connectivity index (χ1v) is 7.46. The van der Waals surface area contributed by atoms with Gasteiger partial charge in [-0.2, -0.15) is 0 Å². The van der Waals surface area contributed by atoms with Crippen molar-refractivity contribution in [2.24, 2.45) is 0 Å². The van der Waals surface area contributed by atoms with Gasteiger partial charge in [-0.3, -0.25) is 0 Å². The lowest BCUT2D eigenvalue weighted by molar-refractivity contribution is 0.270. The van der Waals surface area contributed by atoms with Crippen molar-refractivity contribution in [2.45, 2.75) is 25.7 Å². The summed E-state index contributed by atoms with van der Waals surface area (Å²) in [5.41, 5.74) is 4.42. The molecule has 5 heteroatoms. The van der Waals surface area contributed by atoms with E-state index in [4.69, 9.17) is 0 Å². The van der Waals surface area contributed by atoms with E-state index in [2.05, 4.69) is 17.3 Å². The topological polar surface area (TPSA) is 27.3 Å². The van der Waals surface area contributed by atoms with Crippen LogP contribution in [0.5, 0.6) is 0 Å². The fraction of sp³-hybridized carbons (Fsp3) is 0.412. The van der Waals surface area contributed by atoms with Gasteiger partial charge in [0.1, 0.15) is 0 Å². The smallest absolute Gasteiger partial charge is 0.162 e. The van der Waals surface area contributed by atoms with Crippen LogP contribution in [0.4, 0.5) is 8.78 Å². The van der Waals surface area contributed by atoms with Gasteiger partial charge in [0, 0.05) is 32.5 Å². The minimum absolute atomic E-state index is 0.377. The zero-order valence-electron chi connectivity index (χ0n) is 13.3. The first kappa shape index (κ1) is 18.2. The third-order valence-electron chi connectivity index (χ3n) is 3.42. The number of allylic oxidation sites excluding steroid dienone is 2. The second-order valence-electron chi connectivity index (χ2n) is 5.11. The minimum Gasteiger partial charge on any atom is -0.392 e.